The fraction of sp³-hybridized carbons (Fsp3) is 0. The molecule has 0 aliphatic rings. The number of aromatic nitrogens is 1. The molecule has 82 valence electrons. The van der Waals surface area contributed by atoms with Gasteiger partial charge in [0.2, 0.25) is 0 Å². The van der Waals surface area contributed by atoms with E-state index >= 15 is 0 Å². The van der Waals surface area contributed by atoms with E-state index in [0.29, 0.717) is 11.3 Å². The molecule has 3 nitrogen and oxygen atoms in total. The number of carboxylic acids is 1. The molecule has 1 aromatic heterocycles. The summed E-state index contributed by atoms with van der Waals surface area (Å²) in [5.74, 6) is -1.60. The number of hydrogen-bond donors (Lipinski definition) is 1. The van der Waals surface area contributed by atoms with Gasteiger partial charge in [-0.15, -0.1) is 11.3 Å². The van der Waals surface area contributed by atoms with Crippen LogP contribution in [0.25, 0.3) is 11.3 Å². The number of benzene rings is 1. The number of thiazole rings is 1. The molecule has 1 N–H and O–H groups in total. The molecular formula is C10H5ClFNO2S. The molecule has 0 fully saturated rings. The van der Waals surface area contributed by atoms with E-state index in [1.165, 1.54) is 23.7 Å². The molecule has 0 spiro atoms. The van der Waals surface area contributed by atoms with Crippen molar-refractivity contribution in [3.05, 3.63) is 39.4 Å². The summed E-state index contributed by atoms with van der Waals surface area (Å²) in [6.07, 6.45) is 0. The van der Waals surface area contributed by atoms with Gasteiger partial charge in [-0.2, -0.15) is 0 Å². The first-order valence-corrected chi connectivity index (χ1v) is 5.47. The maximum atomic E-state index is 12.9. The topological polar surface area (TPSA) is 50.2 Å². The fourth-order valence-corrected chi connectivity index (χ4v) is 2.07. The zero-order valence-electron chi connectivity index (χ0n) is 7.78. The van der Waals surface area contributed by atoms with E-state index < -0.39 is 11.8 Å². The van der Waals surface area contributed by atoms with E-state index in [4.69, 9.17) is 16.7 Å². The maximum absolute atomic E-state index is 12.9. The Kier molecular flexibility index (Phi) is 2.89. The van der Waals surface area contributed by atoms with Crippen LogP contribution in [-0.2, 0) is 0 Å². The van der Waals surface area contributed by atoms with Crippen molar-refractivity contribution < 1.29 is 14.3 Å². The Labute approximate surface area is 99.1 Å². The van der Waals surface area contributed by atoms with Crippen LogP contribution < -0.4 is 0 Å². The summed E-state index contributed by atoms with van der Waals surface area (Å²) in [4.78, 5) is 14.9. The highest BCUT2D eigenvalue weighted by molar-refractivity contribution is 7.12. The van der Waals surface area contributed by atoms with Crippen molar-refractivity contribution in [1.82, 2.24) is 4.98 Å². The average molecular weight is 258 g/mol. The molecule has 0 saturated heterocycles. The van der Waals surface area contributed by atoms with Crippen LogP contribution >= 0.6 is 22.9 Å². The van der Waals surface area contributed by atoms with E-state index in [-0.39, 0.29) is 9.90 Å². The molecule has 1 aromatic carbocycles. The molecule has 6 heteroatoms. The van der Waals surface area contributed by atoms with Gasteiger partial charge in [0, 0.05) is 5.56 Å². The van der Waals surface area contributed by atoms with Crippen LogP contribution in [0.3, 0.4) is 0 Å². The Morgan fingerprint density at radius 2 is 2.25 bits per heavy atom. The van der Waals surface area contributed by atoms with Gasteiger partial charge < -0.3 is 5.11 Å². The SMILES string of the molecule is O=C(O)c1scnc1-c1ccc(F)c(Cl)c1. The second kappa shape index (κ2) is 4.19. The van der Waals surface area contributed by atoms with Crippen molar-refractivity contribution in [2.24, 2.45) is 0 Å². The van der Waals surface area contributed by atoms with Crippen LogP contribution in [0, 0.1) is 5.82 Å². The number of carbonyl (C=O) groups is 1. The third kappa shape index (κ3) is 1.91. The lowest BCUT2D eigenvalue weighted by Crippen LogP contribution is -1.95. The first kappa shape index (κ1) is 11.0. The number of hydrogen-bond acceptors (Lipinski definition) is 3. The average Bonchev–Trinajstić information content (AvgIpc) is 2.71. The zero-order chi connectivity index (χ0) is 11.7. The molecule has 0 radical (unpaired) electrons. The van der Waals surface area contributed by atoms with Crippen LogP contribution in [0.1, 0.15) is 9.67 Å². The zero-order valence-corrected chi connectivity index (χ0v) is 9.35. The summed E-state index contributed by atoms with van der Waals surface area (Å²) in [5.41, 5.74) is 2.22. The summed E-state index contributed by atoms with van der Waals surface area (Å²) < 4.78 is 12.9. The number of aromatic carboxylic acids is 1. The second-order valence-electron chi connectivity index (χ2n) is 2.96. The van der Waals surface area contributed by atoms with E-state index in [2.05, 4.69) is 4.98 Å². The summed E-state index contributed by atoms with van der Waals surface area (Å²) >= 11 is 6.63. The Balaban J connectivity index is 2.54. The van der Waals surface area contributed by atoms with Crippen LogP contribution in [0.15, 0.2) is 23.7 Å². The summed E-state index contributed by atoms with van der Waals surface area (Å²) in [5, 5.41) is 8.85. The van der Waals surface area contributed by atoms with Gasteiger partial charge in [0.05, 0.1) is 16.2 Å². The lowest BCUT2D eigenvalue weighted by molar-refractivity contribution is 0.0702. The Hall–Kier alpha value is -1.46. The number of nitrogens with zero attached hydrogens (tertiary/aromatic N) is 1. The molecule has 2 rings (SSSR count). The lowest BCUT2D eigenvalue weighted by Gasteiger charge is -2.00. The van der Waals surface area contributed by atoms with Crippen LogP contribution in [0.5, 0.6) is 0 Å². The van der Waals surface area contributed by atoms with Crippen molar-refractivity contribution in [3.8, 4) is 11.3 Å². The van der Waals surface area contributed by atoms with Gasteiger partial charge in [0.1, 0.15) is 10.7 Å². The molecule has 16 heavy (non-hydrogen) atoms. The molecule has 0 saturated carbocycles. The third-order valence-corrected chi connectivity index (χ3v) is 3.06. The molecule has 1 heterocycles. The number of rotatable bonds is 2. The van der Waals surface area contributed by atoms with Crippen molar-refractivity contribution in [2.45, 2.75) is 0 Å². The Morgan fingerprint density at radius 3 is 2.88 bits per heavy atom. The van der Waals surface area contributed by atoms with Crippen LogP contribution in [0.2, 0.25) is 5.02 Å². The quantitative estimate of drug-likeness (QED) is 0.898. The monoisotopic (exact) mass is 257 g/mol. The van der Waals surface area contributed by atoms with Gasteiger partial charge >= 0.3 is 5.97 Å². The normalized spacial score (nSPS) is 10.4. The van der Waals surface area contributed by atoms with Gasteiger partial charge in [0.15, 0.2) is 0 Å². The fourth-order valence-electron chi connectivity index (χ4n) is 1.25. The standard InChI is InChI=1S/C10H5ClFNO2S/c11-6-3-5(1-2-7(6)12)8-9(10(14)15)16-4-13-8/h1-4H,(H,14,15). The van der Waals surface area contributed by atoms with Gasteiger partial charge in [-0.1, -0.05) is 11.6 Å². The predicted octanol–water partition coefficient (Wildman–Crippen LogP) is 3.30. The van der Waals surface area contributed by atoms with Gasteiger partial charge in [-0.3, -0.25) is 0 Å². The summed E-state index contributed by atoms with van der Waals surface area (Å²) in [6.45, 7) is 0. The molecule has 0 amide bonds. The molecular weight excluding hydrogens is 253 g/mol. The lowest BCUT2D eigenvalue weighted by atomic mass is 10.1. The number of halogens is 2. The first-order chi connectivity index (χ1) is 7.59. The van der Waals surface area contributed by atoms with E-state index in [0.717, 1.165) is 11.3 Å². The maximum Gasteiger partial charge on any atom is 0.348 e. The minimum atomic E-state index is -1.06. The van der Waals surface area contributed by atoms with E-state index in [9.17, 15) is 9.18 Å². The van der Waals surface area contributed by atoms with Gasteiger partial charge in [0.25, 0.3) is 0 Å². The molecule has 0 bridgehead atoms. The van der Waals surface area contributed by atoms with Gasteiger partial charge in [-0.05, 0) is 18.2 Å². The van der Waals surface area contributed by atoms with E-state index in [1.807, 2.05) is 0 Å². The second-order valence-corrected chi connectivity index (χ2v) is 4.23. The van der Waals surface area contributed by atoms with Crippen molar-refractivity contribution >= 4 is 28.9 Å². The van der Waals surface area contributed by atoms with E-state index in [1.54, 1.807) is 0 Å². The third-order valence-electron chi connectivity index (χ3n) is 1.95. The highest BCUT2D eigenvalue weighted by Gasteiger charge is 2.15. The largest absolute Gasteiger partial charge is 0.477 e. The first-order valence-electron chi connectivity index (χ1n) is 4.22. The molecule has 0 aliphatic carbocycles. The predicted molar refractivity (Wildman–Crippen MR) is 59.5 cm³/mol. The highest BCUT2D eigenvalue weighted by Crippen LogP contribution is 2.28. The minimum absolute atomic E-state index is 0.0539. The van der Waals surface area contributed by atoms with Crippen LogP contribution in [-0.4, -0.2) is 16.1 Å². The van der Waals surface area contributed by atoms with Crippen molar-refractivity contribution in [2.75, 3.05) is 0 Å². The molecule has 0 unspecified atom stereocenters. The highest BCUT2D eigenvalue weighted by atomic mass is 35.5. The van der Waals surface area contributed by atoms with Crippen LogP contribution in [0.4, 0.5) is 4.39 Å². The van der Waals surface area contributed by atoms with Crippen molar-refractivity contribution in [1.29, 1.82) is 0 Å². The number of carboxylic acid groups (broad SMARTS) is 1. The molecule has 2 aromatic rings. The smallest absolute Gasteiger partial charge is 0.348 e. The summed E-state index contributed by atoms with van der Waals surface area (Å²) in [7, 11) is 0. The van der Waals surface area contributed by atoms with Crippen molar-refractivity contribution in [3.63, 3.8) is 0 Å². The summed E-state index contributed by atoms with van der Waals surface area (Å²) in [6, 6.07) is 3.99. The minimum Gasteiger partial charge on any atom is -0.477 e. The Bertz CT molecular complexity index is 556. The van der Waals surface area contributed by atoms with Gasteiger partial charge in [-0.25, -0.2) is 14.2 Å². The Morgan fingerprint density at radius 1 is 1.50 bits per heavy atom. The molecule has 0 atom stereocenters. The molecule has 0 aliphatic heterocycles.